The molecule has 0 heterocycles. The highest BCUT2D eigenvalue weighted by Crippen LogP contribution is 2.43. The zero-order chi connectivity index (χ0) is 20.2. The fourth-order valence-electron chi connectivity index (χ4n) is 4.75. The van der Waals surface area contributed by atoms with Crippen molar-refractivity contribution in [3.8, 4) is 0 Å². The number of rotatable bonds is 1. The Morgan fingerprint density at radius 3 is 2.45 bits per heavy atom. The summed E-state index contributed by atoms with van der Waals surface area (Å²) in [6, 6.07) is 16.7. The fraction of sp³-hybridized carbons (Fsp3) is 0.231. The summed E-state index contributed by atoms with van der Waals surface area (Å²) in [4.78, 5) is 0. The highest BCUT2D eigenvalue weighted by atomic mass is 19.4. The molecule has 3 heteroatoms. The number of aryl methyl sites for hydroxylation is 2. The Labute approximate surface area is 168 Å². The second kappa shape index (κ2) is 6.62. The Kier molecular flexibility index (Phi) is 4.16. The third-order valence-corrected chi connectivity index (χ3v) is 6.26. The Morgan fingerprint density at radius 2 is 1.69 bits per heavy atom. The minimum Gasteiger partial charge on any atom is -0.166 e. The van der Waals surface area contributed by atoms with Crippen molar-refractivity contribution in [1.82, 2.24) is 0 Å². The molecule has 0 amide bonds. The van der Waals surface area contributed by atoms with Gasteiger partial charge in [-0.05, 0) is 71.4 Å². The van der Waals surface area contributed by atoms with Crippen molar-refractivity contribution in [3.63, 3.8) is 0 Å². The average Bonchev–Trinajstić information content (AvgIpc) is 2.72. The first kappa shape index (κ1) is 18.2. The molecule has 3 aromatic rings. The molecule has 146 valence electrons. The Bertz CT molecular complexity index is 1160. The van der Waals surface area contributed by atoms with Gasteiger partial charge in [-0.25, -0.2) is 0 Å². The van der Waals surface area contributed by atoms with Gasteiger partial charge in [0.05, 0.1) is 5.56 Å². The summed E-state index contributed by atoms with van der Waals surface area (Å²) in [5.41, 5.74) is 7.07. The van der Waals surface area contributed by atoms with E-state index in [1.54, 1.807) is 12.1 Å². The van der Waals surface area contributed by atoms with Crippen LogP contribution in [0.4, 0.5) is 13.2 Å². The van der Waals surface area contributed by atoms with Crippen LogP contribution < -0.4 is 0 Å². The third-order valence-electron chi connectivity index (χ3n) is 6.26. The first-order valence-electron chi connectivity index (χ1n) is 10.00. The summed E-state index contributed by atoms with van der Waals surface area (Å²) >= 11 is 0. The Hall–Kier alpha value is -2.81. The lowest BCUT2D eigenvalue weighted by molar-refractivity contribution is -0.137. The third kappa shape index (κ3) is 3.19. The zero-order valence-corrected chi connectivity index (χ0v) is 16.2. The Morgan fingerprint density at radius 1 is 0.897 bits per heavy atom. The van der Waals surface area contributed by atoms with E-state index in [4.69, 9.17) is 0 Å². The number of hydrogen-bond donors (Lipinski definition) is 0. The molecule has 2 aliphatic carbocycles. The summed E-state index contributed by atoms with van der Waals surface area (Å²) in [6.07, 6.45) is 2.95. The van der Waals surface area contributed by atoms with Crippen LogP contribution in [0.1, 0.15) is 46.6 Å². The smallest absolute Gasteiger partial charge is 0.166 e. The van der Waals surface area contributed by atoms with Crippen LogP contribution in [0.25, 0.3) is 16.3 Å². The predicted molar refractivity (Wildman–Crippen MR) is 112 cm³/mol. The monoisotopic (exact) mass is 390 g/mol. The van der Waals surface area contributed by atoms with Gasteiger partial charge < -0.3 is 0 Å². The number of benzene rings is 3. The topological polar surface area (TPSA) is 0 Å². The van der Waals surface area contributed by atoms with Crippen LogP contribution in [0.2, 0.25) is 0 Å². The first-order chi connectivity index (χ1) is 13.9. The van der Waals surface area contributed by atoms with E-state index in [0.717, 1.165) is 24.8 Å². The molecule has 0 unspecified atom stereocenters. The standard InChI is InChI=1S/C26H21F3/c1-16-2-10-22-19(14-16)6-12-25-23-11-5-18(15-20(23)7-13-24(22)25)17-3-8-21(9-4-17)26(27,28)29/h2-6,8-12,14,18H,7,13,15H2,1H3/t18-/m0/s1. The maximum Gasteiger partial charge on any atom is 0.416 e. The molecule has 0 saturated carbocycles. The van der Waals surface area contributed by atoms with Crippen molar-refractivity contribution in [3.05, 3.63) is 100 Å². The van der Waals surface area contributed by atoms with Gasteiger partial charge in [0.25, 0.3) is 0 Å². The number of halogens is 3. The molecule has 29 heavy (non-hydrogen) atoms. The number of hydrogen-bond acceptors (Lipinski definition) is 0. The van der Waals surface area contributed by atoms with Crippen LogP contribution >= 0.6 is 0 Å². The molecule has 0 radical (unpaired) electrons. The van der Waals surface area contributed by atoms with Crippen molar-refractivity contribution in [2.24, 2.45) is 0 Å². The highest BCUT2D eigenvalue weighted by Gasteiger charge is 2.30. The molecule has 0 aliphatic heterocycles. The summed E-state index contributed by atoms with van der Waals surface area (Å²) in [5, 5.41) is 2.62. The zero-order valence-electron chi connectivity index (χ0n) is 16.2. The van der Waals surface area contributed by atoms with E-state index >= 15 is 0 Å². The first-order valence-corrected chi connectivity index (χ1v) is 10.00. The van der Waals surface area contributed by atoms with Crippen molar-refractivity contribution in [1.29, 1.82) is 0 Å². The van der Waals surface area contributed by atoms with Crippen LogP contribution in [0.15, 0.2) is 72.3 Å². The van der Waals surface area contributed by atoms with E-state index in [2.05, 4.69) is 49.4 Å². The van der Waals surface area contributed by atoms with Crippen molar-refractivity contribution in [2.75, 3.05) is 0 Å². The molecule has 0 nitrogen and oxygen atoms in total. The largest absolute Gasteiger partial charge is 0.416 e. The molecule has 3 aromatic carbocycles. The van der Waals surface area contributed by atoms with E-state index in [1.807, 2.05) is 0 Å². The molecular weight excluding hydrogens is 369 g/mol. The van der Waals surface area contributed by atoms with Gasteiger partial charge in [0.1, 0.15) is 0 Å². The Balaban J connectivity index is 1.47. The van der Waals surface area contributed by atoms with Gasteiger partial charge in [0.2, 0.25) is 0 Å². The minimum atomic E-state index is -4.29. The summed E-state index contributed by atoms with van der Waals surface area (Å²) < 4.78 is 38.5. The molecule has 1 atom stereocenters. The van der Waals surface area contributed by atoms with E-state index in [9.17, 15) is 13.2 Å². The fourth-order valence-corrected chi connectivity index (χ4v) is 4.75. The van der Waals surface area contributed by atoms with Gasteiger partial charge in [0, 0.05) is 5.92 Å². The molecule has 5 rings (SSSR count). The van der Waals surface area contributed by atoms with Gasteiger partial charge in [0.15, 0.2) is 0 Å². The molecule has 0 aromatic heterocycles. The van der Waals surface area contributed by atoms with Crippen molar-refractivity contribution >= 4 is 16.3 Å². The minimum absolute atomic E-state index is 0.140. The predicted octanol–water partition coefficient (Wildman–Crippen LogP) is 7.61. The van der Waals surface area contributed by atoms with Crippen LogP contribution in [-0.4, -0.2) is 0 Å². The molecule has 0 fully saturated rings. The van der Waals surface area contributed by atoms with Crippen LogP contribution in [-0.2, 0) is 12.6 Å². The maximum absolute atomic E-state index is 12.8. The molecule has 2 aliphatic rings. The van der Waals surface area contributed by atoms with Gasteiger partial charge in [-0.1, -0.05) is 65.8 Å². The van der Waals surface area contributed by atoms with E-state index in [-0.39, 0.29) is 5.92 Å². The van der Waals surface area contributed by atoms with Crippen molar-refractivity contribution in [2.45, 2.75) is 38.3 Å². The maximum atomic E-state index is 12.8. The van der Waals surface area contributed by atoms with E-state index in [1.165, 1.54) is 50.7 Å². The quantitative estimate of drug-likeness (QED) is 0.401. The average molecular weight is 390 g/mol. The van der Waals surface area contributed by atoms with Crippen LogP contribution in [0.3, 0.4) is 0 Å². The lowest BCUT2D eigenvalue weighted by Gasteiger charge is -2.29. The molecule has 0 bridgehead atoms. The number of alkyl halides is 3. The van der Waals surface area contributed by atoms with Gasteiger partial charge in [-0.2, -0.15) is 13.2 Å². The van der Waals surface area contributed by atoms with E-state index in [0.29, 0.717) is 0 Å². The SMILES string of the molecule is Cc1ccc2c3c(ccc2c1)C1=C(CC3)C[C@@H](c2ccc(C(F)(F)F)cc2)C=C1. The van der Waals surface area contributed by atoms with Crippen LogP contribution in [0, 0.1) is 6.92 Å². The van der Waals surface area contributed by atoms with Gasteiger partial charge >= 0.3 is 6.18 Å². The summed E-state index contributed by atoms with van der Waals surface area (Å²) in [7, 11) is 0. The molecule has 0 N–H and O–H groups in total. The number of fused-ring (bicyclic) bond motifs is 4. The molecule has 0 saturated heterocycles. The van der Waals surface area contributed by atoms with Crippen LogP contribution in [0.5, 0.6) is 0 Å². The van der Waals surface area contributed by atoms with Crippen molar-refractivity contribution < 1.29 is 13.2 Å². The van der Waals surface area contributed by atoms with Gasteiger partial charge in [-0.3, -0.25) is 0 Å². The highest BCUT2D eigenvalue weighted by molar-refractivity contribution is 5.94. The molecular formula is C26H21F3. The summed E-state index contributed by atoms with van der Waals surface area (Å²) in [5.74, 6) is 0.140. The normalized spacial score (nSPS) is 18.7. The second-order valence-corrected chi connectivity index (χ2v) is 8.12. The lowest BCUT2D eigenvalue weighted by Crippen LogP contribution is -2.11. The second-order valence-electron chi connectivity index (χ2n) is 8.12. The number of allylic oxidation sites excluding steroid dienone is 4. The summed E-state index contributed by atoms with van der Waals surface area (Å²) in [6.45, 7) is 2.12. The van der Waals surface area contributed by atoms with E-state index < -0.39 is 11.7 Å². The lowest BCUT2D eigenvalue weighted by atomic mass is 9.75. The molecule has 0 spiro atoms. The van der Waals surface area contributed by atoms with Gasteiger partial charge in [-0.15, -0.1) is 0 Å².